The molecule has 17 heavy (non-hydrogen) atoms. The first-order chi connectivity index (χ1) is 7.63. The molecule has 0 aromatic rings. The van der Waals surface area contributed by atoms with Crippen LogP contribution >= 0.6 is 0 Å². The van der Waals surface area contributed by atoms with E-state index in [1.165, 1.54) is 0 Å². The van der Waals surface area contributed by atoms with Gasteiger partial charge in [-0.3, -0.25) is 0 Å². The molecule has 0 bridgehead atoms. The summed E-state index contributed by atoms with van der Waals surface area (Å²) in [4.78, 5) is 20.1. The number of hydrogen-bond acceptors (Lipinski definition) is 4. The topological polar surface area (TPSA) is 80.3 Å². The molecule has 92 valence electrons. The molecule has 0 aliphatic heterocycles. The van der Waals surface area contributed by atoms with Crippen LogP contribution in [-0.4, -0.2) is 11.9 Å². The van der Waals surface area contributed by atoms with E-state index in [9.17, 15) is 19.8 Å². The molecule has 0 saturated carbocycles. The predicted molar refractivity (Wildman–Crippen MR) is 56.1 cm³/mol. The van der Waals surface area contributed by atoms with Gasteiger partial charge in [-0.2, -0.15) is 0 Å². The Morgan fingerprint density at radius 1 is 0.882 bits per heavy atom. The summed E-state index contributed by atoms with van der Waals surface area (Å²) in [7, 11) is 0. The fourth-order valence-electron chi connectivity index (χ4n) is 1.42. The van der Waals surface area contributed by atoms with Gasteiger partial charge in [0, 0.05) is 5.97 Å². The summed E-state index contributed by atoms with van der Waals surface area (Å²) in [6.45, 7) is 0. The van der Waals surface area contributed by atoms with E-state index in [1.54, 1.807) is 6.08 Å². The normalized spacial score (nSPS) is 10.1. The molecule has 0 saturated heterocycles. The summed E-state index contributed by atoms with van der Waals surface area (Å²) in [5.74, 6) is -2.13. The van der Waals surface area contributed by atoms with Crippen LogP contribution in [0, 0.1) is 0 Å². The van der Waals surface area contributed by atoms with Crippen molar-refractivity contribution < 1.29 is 39.3 Å². The van der Waals surface area contributed by atoms with Gasteiger partial charge in [0.25, 0.3) is 0 Å². The quantitative estimate of drug-likeness (QED) is 0.326. The minimum Gasteiger partial charge on any atom is -0.550 e. The Bertz CT molecular complexity index is 239. The Hall–Kier alpha value is -0.697. The number of unbranched alkanes of at least 4 members (excludes halogenated alkanes) is 6. The molecule has 0 spiro atoms. The minimum atomic E-state index is -1.15. The van der Waals surface area contributed by atoms with Crippen LogP contribution in [0.1, 0.15) is 51.4 Å². The van der Waals surface area contributed by atoms with Gasteiger partial charge in [-0.1, -0.05) is 31.8 Å². The van der Waals surface area contributed by atoms with E-state index in [1.807, 2.05) is 0 Å². The van der Waals surface area contributed by atoms with Crippen LogP contribution in [0.4, 0.5) is 0 Å². The smallest absolute Gasteiger partial charge is 0.550 e. The molecule has 0 N–H and O–H groups in total. The van der Waals surface area contributed by atoms with Gasteiger partial charge in [0.15, 0.2) is 0 Å². The molecule has 0 rings (SSSR count). The zero-order chi connectivity index (χ0) is 12.2. The molecule has 0 aromatic carbocycles. The largest absolute Gasteiger partial charge is 2.00 e. The summed E-state index contributed by atoms with van der Waals surface area (Å²) in [6.07, 6.45) is 9.26. The van der Waals surface area contributed by atoms with Crippen LogP contribution in [0.2, 0.25) is 0 Å². The monoisotopic (exact) mass is 290 g/mol. The maximum Gasteiger partial charge on any atom is 2.00 e. The van der Waals surface area contributed by atoms with E-state index >= 15 is 0 Å². The molecule has 4 nitrogen and oxygen atoms in total. The van der Waals surface area contributed by atoms with Crippen molar-refractivity contribution in [2.75, 3.05) is 0 Å². The Morgan fingerprint density at radius 3 is 1.94 bits per heavy atom. The zero-order valence-corrected chi connectivity index (χ0v) is 13.1. The summed E-state index contributed by atoms with van der Waals surface area (Å²) < 4.78 is 0. The number of carbonyl (C=O) groups is 2. The van der Waals surface area contributed by atoms with E-state index < -0.39 is 11.9 Å². The third kappa shape index (κ3) is 17.9. The summed E-state index contributed by atoms with van der Waals surface area (Å²) in [5, 5.41) is 20.1. The van der Waals surface area contributed by atoms with Gasteiger partial charge >= 0.3 is 19.5 Å². The molecule has 0 amide bonds. The van der Waals surface area contributed by atoms with E-state index in [4.69, 9.17) is 0 Å². The Kier molecular flexibility index (Phi) is 14.7. The van der Waals surface area contributed by atoms with Crippen molar-refractivity contribution in [3.8, 4) is 0 Å². The molecule has 0 radical (unpaired) electrons. The first-order valence-corrected chi connectivity index (χ1v) is 5.70. The van der Waals surface area contributed by atoms with Crippen LogP contribution in [0.5, 0.6) is 0 Å². The van der Waals surface area contributed by atoms with E-state index in [-0.39, 0.29) is 25.9 Å². The number of carboxylic acids is 2. The van der Waals surface area contributed by atoms with Gasteiger partial charge in [-0.15, -0.1) is 0 Å². The average Bonchev–Trinajstić information content (AvgIpc) is 2.20. The molecular weight excluding hydrogens is 274 g/mol. The van der Waals surface area contributed by atoms with Crippen molar-refractivity contribution >= 4 is 11.9 Å². The van der Waals surface area contributed by atoms with Crippen molar-refractivity contribution in [3.63, 3.8) is 0 Å². The summed E-state index contributed by atoms with van der Waals surface area (Å²) in [6, 6.07) is 0. The maximum absolute atomic E-state index is 10.1. The number of aliphatic carboxylic acids is 2. The molecule has 0 aliphatic carbocycles. The van der Waals surface area contributed by atoms with Gasteiger partial charge in [0.05, 0.1) is 5.97 Å². The molecule has 0 heterocycles. The van der Waals surface area contributed by atoms with Gasteiger partial charge in [0.1, 0.15) is 0 Å². The number of carbonyl (C=O) groups excluding carboxylic acids is 2. The number of carboxylic acid groups (broad SMARTS) is 2. The SMILES string of the molecule is O=C([O-])/C=C/CCCCCCCCC(=O)[O-].[Zn+2]. The van der Waals surface area contributed by atoms with Crippen molar-refractivity contribution in [2.24, 2.45) is 0 Å². The molecule has 0 unspecified atom stereocenters. The molecule has 0 aromatic heterocycles. The van der Waals surface area contributed by atoms with Crippen LogP contribution in [0.3, 0.4) is 0 Å². The standard InChI is InChI=1S/C12H20O4.Zn/c13-11(14)9-7-5-3-1-2-4-6-8-10-12(15)16;/h7,9H,1-6,8,10H2,(H,13,14)(H,15,16);/q;+2/p-2/b9-7+;. The first kappa shape index (κ1) is 18.7. The van der Waals surface area contributed by atoms with Crippen molar-refractivity contribution in [1.82, 2.24) is 0 Å². The van der Waals surface area contributed by atoms with E-state index in [0.717, 1.165) is 44.6 Å². The summed E-state index contributed by atoms with van der Waals surface area (Å²) in [5.41, 5.74) is 0. The summed E-state index contributed by atoms with van der Waals surface area (Å²) >= 11 is 0. The Balaban J connectivity index is 0. The van der Waals surface area contributed by atoms with Gasteiger partial charge in [-0.25, -0.2) is 0 Å². The number of hydrogen-bond donors (Lipinski definition) is 0. The van der Waals surface area contributed by atoms with Crippen molar-refractivity contribution in [2.45, 2.75) is 51.4 Å². The molecular formula is C12H18O4Zn. The van der Waals surface area contributed by atoms with Gasteiger partial charge < -0.3 is 19.8 Å². The van der Waals surface area contributed by atoms with Crippen molar-refractivity contribution in [1.29, 1.82) is 0 Å². The fraction of sp³-hybridized carbons (Fsp3) is 0.667. The fourth-order valence-corrected chi connectivity index (χ4v) is 1.42. The number of rotatable bonds is 10. The second-order valence-corrected chi connectivity index (χ2v) is 3.75. The van der Waals surface area contributed by atoms with Gasteiger partial charge in [-0.05, 0) is 31.8 Å². The molecule has 5 heteroatoms. The molecule has 0 fully saturated rings. The molecule has 0 atom stereocenters. The van der Waals surface area contributed by atoms with E-state index in [2.05, 4.69) is 0 Å². The second kappa shape index (κ2) is 13.4. The minimum absolute atomic E-state index is 0. The zero-order valence-electron chi connectivity index (χ0n) is 10.2. The molecule has 0 aliphatic rings. The average molecular weight is 292 g/mol. The first-order valence-electron chi connectivity index (χ1n) is 5.70. The predicted octanol–water partition coefficient (Wildman–Crippen LogP) is 0.161. The van der Waals surface area contributed by atoms with Crippen LogP contribution in [-0.2, 0) is 29.1 Å². The maximum atomic E-state index is 10.1. The van der Waals surface area contributed by atoms with E-state index in [0.29, 0.717) is 6.42 Å². The Morgan fingerprint density at radius 2 is 1.41 bits per heavy atom. The van der Waals surface area contributed by atoms with Crippen molar-refractivity contribution in [3.05, 3.63) is 12.2 Å². The third-order valence-electron chi connectivity index (χ3n) is 2.26. The van der Waals surface area contributed by atoms with Gasteiger partial charge in [0.2, 0.25) is 0 Å². The second-order valence-electron chi connectivity index (χ2n) is 3.75. The van der Waals surface area contributed by atoms with Crippen LogP contribution in [0.15, 0.2) is 12.2 Å². The number of allylic oxidation sites excluding steroid dienone is 1. The van der Waals surface area contributed by atoms with Crippen LogP contribution < -0.4 is 10.2 Å². The Labute approximate surface area is 115 Å². The van der Waals surface area contributed by atoms with Crippen LogP contribution in [0.25, 0.3) is 0 Å². The third-order valence-corrected chi connectivity index (χ3v) is 2.26.